The average molecular weight is 489 g/mol. The molecule has 0 amide bonds. The van der Waals surface area contributed by atoms with E-state index in [0.717, 1.165) is 28.7 Å². The van der Waals surface area contributed by atoms with Crippen LogP contribution < -0.4 is 19.9 Å². The number of hydrogen-bond donors (Lipinski definition) is 2. The Balaban J connectivity index is 1.60. The number of hydrogen-bond acceptors (Lipinski definition) is 5. The van der Waals surface area contributed by atoms with Gasteiger partial charge >= 0.3 is 0 Å². The first kappa shape index (κ1) is 25.1. The van der Waals surface area contributed by atoms with Crippen LogP contribution in [0.3, 0.4) is 0 Å². The Morgan fingerprint density at radius 1 is 1.00 bits per heavy atom. The summed E-state index contributed by atoms with van der Waals surface area (Å²) in [4.78, 5) is 0.113. The van der Waals surface area contributed by atoms with E-state index in [2.05, 4.69) is 5.32 Å². The van der Waals surface area contributed by atoms with Gasteiger partial charge in [0.1, 0.15) is 6.61 Å². The number of nitrogens with two attached hydrogens (primary N) is 1. The molecule has 0 fully saturated rings. The standard InChI is InChI=1S/C25H29ClN2O4S/c1-3-31-24-15-20(14-23(26)25(24)32-17-21-7-5-4-6-18(21)2)16-28-13-12-19-8-10-22(11-9-19)33(27,29)30/h4-11,14-15,28H,3,12-13,16-17H2,1-2H3,(H2,27,29,30). The van der Waals surface area contributed by atoms with Crippen molar-refractivity contribution in [2.75, 3.05) is 13.2 Å². The van der Waals surface area contributed by atoms with Crippen LogP contribution in [0.2, 0.25) is 5.02 Å². The van der Waals surface area contributed by atoms with Crippen LogP contribution in [0.15, 0.2) is 65.6 Å². The molecule has 0 aliphatic rings. The second kappa shape index (κ2) is 11.5. The summed E-state index contributed by atoms with van der Waals surface area (Å²) >= 11 is 6.54. The summed E-state index contributed by atoms with van der Waals surface area (Å²) in [5.41, 5.74) is 4.25. The highest BCUT2D eigenvalue weighted by molar-refractivity contribution is 7.89. The van der Waals surface area contributed by atoms with Crippen molar-refractivity contribution in [3.05, 3.63) is 87.9 Å². The molecule has 3 aromatic carbocycles. The quantitative estimate of drug-likeness (QED) is 0.385. The van der Waals surface area contributed by atoms with E-state index in [-0.39, 0.29) is 4.90 Å². The Kier molecular flexibility index (Phi) is 8.74. The zero-order chi connectivity index (χ0) is 23.8. The zero-order valence-electron chi connectivity index (χ0n) is 18.8. The Bertz CT molecular complexity index is 1180. The number of primary sulfonamides is 1. The van der Waals surface area contributed by atoms with Crippen LogP contribution in [0, 0.1) is 6.92 Å². The molecule has 0 aromatic heterocycles. The van der Waals surface area contributed by atoms with Crippen LogP contribution in [0.4, 0.5) is 0 Å². The maximum Gasteiger partial charge on any atom is 0.238 e. The molecule has 0 saturated heterocycles. The molecular formula is C25H29ClN2O4S. The van der Waals surface area contributed by atoms with Gasteiger partial charge < -0.3 is 14.8 Å². The van der Waals surface area contributed by atoms with Gasteiger partial charge in [0, 0.05) is 6.54 Å². The third kappa shape index (κ3) is 7.20. The summed E-state index contributed by atoms with van der Waals surface area (Å²) in [6.07, 6.45) is 0.745. The molecule has 0 heterocycles. The fraction of sp³-hybridized carbons (Fsp3) is 0.280. The molecule has 176 valence electrons. The molecule has 8 heteroatoms. The van der Waals surface area contributed by atoms with Crippen LogP contribution in [0.1, 0.15) is 29.2 Å². The van der Waals surface area contributed by atoms with Crippen molar-refractivity contribution < 1.29 is 17.9 Å². The van der Waals surface area contributed by atoms with Crippen LogP contribution >= 0.6 is 11.6 Å². The molecule has 0 bridgehead atoms. The molecule has 0 atom stereocenters. The SMILES string of the molecule is CCOc1cc(CNCCc2ccc(S(N)(=O)=O)cc2)cc(Cl)c1OCc1ccccc1C. The summed E-state index contributed by atoms with van der Waals surface area (Å²) in [6, 6.07) is 18.5. The molecule has 3 rings (SSSR count). The fourth-order valence-electron chi connectivity index (χ4n) is 3.36. The van der Waals surface area contributed by atoms with Gasteiger partial charge in [0.2, 0.25) is 10.0 Å². The predicted molar refractivity (Wildman–Crippen MR) is 131 cm³/mol. The predicted octanol–water partition coefficient (Wildman–Crippen LogP) is 4.61. The first-order valence-corrected chi connectivity index (χ1v) is 12.7. The molecule has 0 aliphatic heterocycles. The van der Waals surface area contributed by atoms with E-state index >= 15 is 0 Å². The largest absolute Gasteiger partial charge is 0.490 e. The molecule has 6 nitrogen and oxygen atoms in total. The lowest BCUT2D eigenvalue weighted by Crippen LogP contribution is -2.17. The van der Waals surface area contributed by atoms with E-state index in [1.807, 2.05) is 50.2 Å². The molecule has 0 saturated carbocycles. The van der Waals surface area contributed by atoms with Crippen molar-refractivity contribution in [2.24, 2.45) is 5.14 Å². The van der Waals surface area contributed by atoms with Gasteiger partial charge in [-0.2, -0.15) is 0 Å². The minimum Gasteiger partial charge on any atom is -0.490 e. The normalized spacial score (nSPS) is 11.4. The minimum absolute atomic E-state index is 0.113. The second-order valence-corrected chi connectivity index (χ2v) is 9.64. The number of rotatable bonds is 11. The molecule has 3 N–H and O–H groups in total. The first-order valence-electron chi connectivity index (χ1n) is 10.7. The number of ether oxygens (including phenoxy) is 2. The van der Waals surface area contributed by atoms with Gasteiger partial charge in [-0.25, -0.2) is 13.6 Å². The molecule has 0 aliphatic carbocycles. The topological polar surface area (TPSA) is 90.6 Å². The third-order valence-electron chi connectivity index (χ3n) is 5.17. The Labute approximate surface area is 200 Å². The summed E-state index contributed by atoms with van der Waals surface area (Å²) < 4.78 is 34.5. The molecular weight excluding hydrogens is 460 g/mol. The first-order chi connectivity index (χ1) is 15.8. The van der Waals surface area contributed by atoms with Crippen LogP contribution in [-0.4, -0.2) is 21.6 Å². The van der Waals surface area contributed by atoms with Gasteiger partial charge in [-0.3, -0.25) is 0 Å². The maximum atomic E-state index is 11.4. The van der Waals surface area contributed by atoms with Gasteiger partial charge in [0.15, 0.2) is 11.5 Å². The van der Waals surface area contributed by atoms with Crippen LogP contribution in [-0.2, 0) is 29.6 Å². The third-order valence-corrected chi connectivity index (χ3v) is 6.38. The van der Waals surface area contributed by atoms with E-state index in [1.165, 1.54) is 12.1 Å². The lowest BCUT2D eigenvalue weighted by molar-refractivity contribution is 0.269. The number of nitrogens with one attached hydrogen (secondary N) is 1. The van der Waals surface area contributed by atoms with E-state index in [0.29, 0.717) is 42.8 Å². The van der Waals surface area contributed by atoms with Crippen molar-refractivity contribution in [1.82, 2.24) is 5.32 Å². The second-order valence-electron chi connectivity index (χ2n) is 7.67. The number of benzene rings is 3. The van der Waals surface area contributed by atoms with Crippen molar-refractivity contribution >= 4 is 21.6 Å². The summed E-state index contributed by atoms with van der Waals surface area (Å²) in [5.74, 6) is 1.16. The monoisotopic (exact) mass is 488 g/mol. The van der Waals surface area contributed by atoms with Crippen LogP contribution in [0.5, 0.6) is 11.5 Å². The van der Waals surface area contributed by atoms with Crippen molar-refractivity contribution in [3.8, 4) is 11.5 Å². The Morgan fingerprint density at radius 2 is 1.73 bits per heavy atom. The lowest BCUT2D eigenvalue weighted by atomic mass is 10.1. The van der Waals surface area contributed by atoms with Gasteiger partial charge in [-0.15, -0.1) is 0 Å². The van der Waals surface area contributed by atoms with E-state index in [1.54, 1.807) is 12.1 Å². The average Bonchev–Trinajstić information content (AvgIpc) is 2.77. The highest BCUT2D eigenvalue weighted by atomic mass is 35.5. The summed E-state index contributed by atoms with van der Waals surface area (Å²) in [7, 11) is -3.67. The van der Waals surface area contributed by atoms with E-state index in [4.69, 9.17) is 26.2 Å². The van der Waals surface area contributed by atoms with E-state index in [9.17, 15) is 8.42 Å². The number of halogens is 1. The van der Waals surface area contributed by atoms with Crippen molar-refractivity contribution in [1.29, 1.82) is 0 Å². The van der Waals surface area contributed by atoms with Crippen molar-refractivity contribution in [2.45, 2.75) is 38.3 Å². The number of aryl methyl sites for hydroxylation is 1. The molecule has 0 unspecified atom stereocenters. The Morgan fingerprint density at radius 3 is 2.39 bits per heavy atom. The van der Waals surface area contributed by atoms with Gasteiger partial charge in [0.25, 0.3) is 0 Å². The highest BCUT2D eigenvalue weighted by Crippen LogP contribution is 2.37. The molecule has 33 heavy (non-hydrogen) atoms. The zero-order valence-corrected chi connectivity index (χ0v) is 20.4. The van der Waals surface area contributed by atoms with Crippen LogP contribution in [0.25, 0.3) is 0 Å². The number of sulfonamides is 1. The van der Waals surface area contributed by atoms with Crippen molar-refractivity contribution in [3.63, 3.8) is 0 Å². The smallest absolute Gasteiger partial charge is 0.238 e. The van der Waals surface area contributed by atoms with E-state index < -0.39 is 10.0 Å². The fourth-order valence-corrected chi connectivity index (χ4v) is 4.16. The molecule has 3 aromatic rings. The molecule has 0 radical (unpaired) electrons. The highest BCUT2D eigenvalue weighted by Gasteiger charge is 2.13. The van der Waals surface area contributed by atoms with Gasteiger partial charge in [-0.1, -0.05) is 48.0 Å². The summed E-state index contributed by atoms with van der Waals surface area (Å²) in [6.45, 7) is 6.20. The van der Waals surface area contributed by atoms with Gasteiger partial charge in [-0.05, 0) is 73.3 Å². The Hall–Kier alpha value is -2.58. The van der Waals surface area contributed by atoms with Gasteiger partial charge in [0.05, 0.1) is 16.5 Å². The lowest BCUT2D eigenvalue weighted by Gasteiger charge is -2.16. The molecule has 0 spiro atoms. The maximum absolute atomic E-state index is 11.4. The minimum atomic E-state index is -3.67. The summed E-state index contributed by atoms with van der Waals surface area (Å²) in [5, 5.41) is 9.02.